The Morgan fingerprint density at radius 2 is 2.00 bits per heavy atom. The van der Waals surface area contributed by atoms with E-state index in [1.54, 1.807) is 6.26 Å². The SMILES string of the molecule is CC(C)c1coc([C@H](Nc2nsnc2NC2CSC(S(=O)(=O)N3CCCC3CO)=C2O)C(C)C)c1. The summed E-state index contributed by atoms with van der Waals surface area (Å²) in [7, 11) is -3.88. The zero-order valence-corrected chi connectivity index (χ0v) is 22.7. The molecular formula is C22H33N5O5S3. The summed E-state index contributed by atoms with van der Waals surface area (Å²) in [5.41, 5.74) is 1.12. The fourth-order valence-corrected chi connectivity index (χ4v) is 8.25. The van der Waals surface area contributed by atoms with Gasteiger partial charge in [-0.15, -0.1) is 11.8 Å². The van der Waals surface area contributed by atoms with Crippen LogP contribution in [0.15, 0.2) is 26.7 Å². The number of furan rings is 1. The van der Waals surface area contributed by atoms with Crippen molar-refractivity contribution in [2.75, 3.05) is 29.5 Å². The summed E-state index contributed by atoms with van der Waals surface area (Å²) in [6, 6.07) is 0.831. The Morgan fingerprint density at radius 1 is 1.26 bits per heavy atom. The first-order valence-electron chi connectivity index (χ1n) is 11.8. The van der Waals surface area contributed by atoms with E-state index in [0.717, 1.165) is 34.8 Å². The fourth-order valence-electron chi connectivity index (χ4n) is 4.28. The summed E-state index contributed by atoms with van der Waals surface area (Å²) in [6.45, 7) is 8.50. The van der Waals surface area contributed by atoms with Crippen molar-refractivity contribution < 1.29 is 23.0 Å². The second-order valence-corrected chi connectivity index (χ2v) is 13.2. The Kier molecular flexibility index (Phi) is 8.01. The van der Waals surface area contributed by atoms with Gasteiger partial charge in [0.05, 0.1) is 36.7 Å². The number of hydrogen-bond acceptors (Lipinski definition) is 11. The second-order valence-electron chi connectivity index (χ2n) is 9.54. The number of sulfonamides is 1. The summed E-state index contributed by atoms with van der Waals surface area (Å²) in [4.78, 5) is 0. The van der Waals surface area contributed by atoms with E-state index in [0.29, 0.717) is 42.7 Å². The van der Waals surface area contributed by atoms with Crippen LogP contribution >= 0.6 is 23.5 Å². The van der Waals surface area contributed by atoms with Crippen LogP contribution in [-0.2, 0) is 10.0 Å². The lowest BCUT2D eigenvalue weighted by molar-refractivity contribution is 0.214. The molecule has 2 aromatic rings. The van der Waals surface area contributed by atoms with E-state index in [1.807, 2.05) is 6.07 Å². The molecule has 2 aliphatic heterocycles. The quantitative estimate of drug-likeness (QED) is 0.346. The monoisotopic (exact) mass is 543 g/mol. The normalized spacial score (nSPS) is 22.5. The van der Waals surface area contributed by atoms with Gasteiger partial charge in [0.15, 0.2) is 15.9 Å². The smallest absolute Gasteiger partial charge is 0.252 e. The maximum absolute atomic E-state index is 13.2. The third kappa shape index (κ3) is 5.33. The van der Waals surface area contributed by atoms with Crippen molar-refractivity contribution in [1.82, 2.24) is 13.1 Å². The van der Waals surface area contributed by atoms with Crippen molar-refractivity contribution in [2.24, 2.45) is 5.92 Å². The zero-order chi connectivity index (χ0) is 25.3. The molecule has 194 valence electrons. The topological polar surface area (TPSA) is 141 Å². The largest absolute Gasteiger partial charge is 0.508 e. The van der Waals surface area contributed by atoms with Crippen LogP contribution in [0.2, 0.25) is 0 Å². The maximum atomic E-state index is 13.2. The van der Waals surface area contributed by atoms with Crippen molar-refractivity contribution in [3.8, 4) is 0 Å². The number of aliphatic hydroxyl groups excluding tert-OH is 2. The van der Waals surface area contributed by atoms with Crippen LogP contribution in [0.5, 0.6) is 0 Å². The van der Waals surface area contributed by atoms with Crippen molar-refractivity contribution in [1.29, 1.82) is 0 Å². The molecule has 2 aromatic heterocycles. The lowest BCUT2D eigenvalue weighted by atomic mass is 9.99. The van der Waals surface area contributed by atoms with Gasteiger partial charge in [0.2, 0.25) is 0 Å². The number of anilines is 2. The van der Waals surface area contributed by atoms with Gasteiger partial charge in [0.1, 0.15) is 11.5 Å². The van der Waals surface area contributed by atoms with E-state index in [1.165, 1.54) is 4.31 Å². The van der Waals surface area contributed by atoms with Gasteiger partial charge in [0, 0.05) is 18.3 Å². The molecule has 0 aromatic carbocycles. The molecule has 0 bridgehead atoms. The molecule has 4 rings (SSSR count). The molecule has 1 saturated heterocycles. The molecule has 0 spiro atoms. The van der Waals surface area contributed by atoms with Gasteiger partial charge >= 0.3 is 0 Å². The standard InChI is InChI=1S/C22H33N5O5S3/c1-12(2)14-8-17(32-10-14)18(13(3)4)24-21-20(25-34-26-21)23-16-11-33-22(19(16)29)35(30,31)27-7-5-6-15(27)9-28/h8,10,12-13,15-16,18,28-29H,5-7,9,11H2,1-4H3,(H,23,25)(H,24,26)/t15?,16?,18-/m1/s1. The van der Waals surface area contributed by atoms with Crippen LogP contribution in [0.1, 0.15) is 63.8 Å². The summed E-state index contributed by atoms with van der Waals surface area (Å²) in [5.74, 6) is 2.42. The number of nitrogens with zero attached hydrogens (tertiary/aromatic N) is 3. The molecule has 10 nitrogen and oxygen atoms in total. The molecule has 0 radical (unpaired) electrons. The van der Waals surface area contributed by atoms with Gasteiger partial charge < -0.3 is 25.3 Å². The molecule has 4 heterocycles. The van der Waals surface area contributed by atoms with Crippen molar-refractivity contribution in [3.63, 3.8) is 0 Å². The number of aromatic nitrogens is 2. The van der Waals surface area contributed by atoms with E-state index in [4.69, 9.17) is 4.42 Å². The lowest BCUT2D eigenvalue weighted by Gasteiger charge is -2.22. The number of aliphatic hydroxyl groups is 2. The first-order valence-corrected chi connectivity index (χ1v) is 14.9. The minimum Gasteiger partial charge on any atom is -0.508 e. The van der Waals surface area contributed by atoms with Crippen LogP contribution in [0.25, 0.3) is 0 Å². The molecule has 0 saturated carbocycles. The predicted octanol–water partition coefficient (Wildman–Crippen LogP) is 4.10. The molecule has 2 aliphatic rings. The van der Waals surface area contributed by atoms with E-state index in [-0.39, 0.29) is 28.6 Å². The van der Waals surface area contributed by atoms with Gasteiger partial charge in [-0.1, -0.05) is 27.7 Å². The summed E-state index contributed by atoms with van der Waals surface area (Å²) in [5, 5.41) is 27.0. The molecule has 4 N–H and O–H groups in total. The van der Waals surface area contributed by atoms with Crippen LogP contribution in [0, 0.1) is 5.92 Å². The summed E-state index contributed by atoms with van der Waals surface area (Å²) < 4.78 is 42.1. The van der Waals surface area contributed by atoms with Gasteiger partial charge in [-0.05, 0) is 36.3 Å². The number of thioether (sulfide) groups is 1. The molecule has 0 aliphatic carbocycles. The van der Waals surface area contributed by atoms with Gasteiger partial charge in [-0.3, -0.25) is 0 Å². The van der Waals surface area contributed by atoms with Crippen LogP contribution < -0.4 is 10.6 Å². The molecule has 35 heavy (non-hydrogen) atoms. The van der Waals surface area contributed by atoms with Gasteiger partial charge in [0.25, 0.3) is 10.0 Å². The van der Waals surface area contributed by atoms with E-state index < -0.39 is 22.1 Å². The molecular weight excluding hydrogens is 510 g/mol. The summed E-state index contributed by atoms with van der Waals surface area (Å²) in [6.07, 6.45) is 3.08. The van der Waals surface area contributed by atoms with E-state index >= 15 is 0 Å². The number of rotatable bonds is 10. The Bertz CT molecular complexity index is 1160. The average molecular weight is 544 g/mol. The highest BCUT2D eigenvalue weighted by atomic mass is 32.3. The Hall–Kier alpha value is -1.80. The zero-order valence-electron chi connectivity index (χ0n) is 20.3. The highest BCUT2D eigenvalue weighted by Crippen LogP contribution is 2.40. The minimum atomic E-state index is -3.88. The minimum absolute atomic E-state index is 0.0649. The van der Waals surface area contributed by atoms with Crippen LogP contribution in [-0.4, -0.2) is 62.7 Å². The first-order chi connectivity index (χ1) is 16.6. The predicted molar refractivity (Wildman–Crippen MR) is 139 cm³/mol. The third-order valence-corrected chi connectivity index (χ3v) is 10.6. The van der Waals surface area contributed by atoms with E-state index in [2.05, 4.69) is 47.1 Å². The Morgan fingerprint density at radius 3 is 2.66 bits per heavy atom. The van der Waals surface area contributed by atoms with Crippen LogP contribution in [0.3, 0.4) is 0 Å². The summed E-state index contributed by atoms with van der Waals surface area (Å²) >= 11 is 2.11. The van der Waals surface area contributed by atoms with Gasteiger partial charge in [-0.2, -0.15) is 13.1 Å². The molecule has 13 heteroatoms. The third-order valence-electron chi connectivity index (χ3n) is 6.37. The number of nitrogens with one attached hydrogen (secondary N) is 2. The fraction of sp³-hybridized carbons (Fsp3) is 0.636. The highest BCUT2D eigenvalue weighted by Gasteiger charge is 2.42. The molecule has 3 atom stereocenters. The van der Waals surface area contributed by atoms with Crippen molar-refractivity contribution in [2.45, 2.75) is 64.6 Å². The van der Waals surface area contributed by atoms with Crippen molar-refractivity contribution >= 4 is 45.1 Å². The van der Waals surface area contributed by atoms with Crippen molar-refractivity contribution in [3.05, 3.63) is 33.6 Å². The lowest BCUT2D eigenvalue weighted by Crippen LogP contribution is -2.38. The van der Waals surface area contributed by atoms with E-state index in [9.17, 15) is 18.6 Å². The molecule has 1 fully saturated rings. The molecule has 0 amide bonds. The Labute approximate surface area is 214 Å². The second kappa shape index (κ2) is 10.7. The maximum Gasteiger partial charge on any atom is 0.252 e. The average Bonchev–Trinajstić information content (AvgIpc) is 3.60. The van der Waals surface area contributed by atoms with Gasteiger partial charge in [-0.25, -0.2) is 8.42 Å². The number of hydrogen-bond donors (Lipinski definition) is 4. The first kappa shape index (κ1) is 26.3. The molecule has 2 unspecified atom stereocenters. The highest BCUT2D eigenvalue weighted by molar-refractivity contribution is 8.18. The van der Waals surface area contributed by atoms with Crippen LogP contribution in [0.4, 0.5) is 11.6 Å². The Balaban J connectivity index is 1.51.